The predicted octanol–water partition coefficient (Wildman–Crippen LogP) is -0.110. The van der Waals surface area contributed by atoms with Crippen molar-refractivity contribution in [2.24, 2.45) is 16.7 Å². The van der Waals surface area contributed by atoms with E-state index in [2.05, 4.69) is 12.2 Å². The number of aliphatic hydroxyl groups is 1. The highest BCUT2D eigenvalue weighted by atomic mass is 16.5. The highest BCUT2D eigenvalue weighted by molar-refractivity contribution is 6.01. The normalized spacial score (nSPS) is 65.5. The zero-order valence-electron chi connectivity index (χ0n) is 12.2. The quantitative estimate of drug-likeness (QED) is 0.610. The molecule has 2 aliphatic heterocycles. The Kier molecular flexibility index (Phi) is 1.61. The van der Waals surface area contributed by atoms with E-state index in [1.807, 2.05) is 6.08 Å². The first-order chi connectivity index (χ1) is 10.4. The second kappa shape index (κ2) is 2.90. The van der Waals surface area contributed by atoms with Crippen molar-refractivity contribution in [2.45, 2.75) is 49.2 Å². The lowest BCUT2D eigenvalue weighted by Crippen LogP contribution is -2.67. The van der Waals surface area contributed by atoms with Gasteiger partial charge in [-0.1, -0.05) is 13.0 Å². The van der Waals surface area contributed by atoms with E-state index in [0.29, 0.717) is 6.42 Å². The van der Waals surface area contributed by atoms with Crippen LogP contribution >= 0.6 is 0 Å². The first-order valence-corrected chi connectivity index (χ1v) is 8.00. The zero-order chi connectivity index (χ0) is 15.1. The Labute approximate surface area is 127 Å². The molecule has 5 nitrogen and oxygen atoms in total. The van der Waals surface area contributed by atoms with Crippen LogP contribution in [-0.4, -0.2) is 46.1 Å². The second-order valence-electron chi connectivity index (χ2n) is 8.19. The summed E-state index contributed by atoms with van der Waals surface area (Å²) in [5.41, 5.74) is -2.40. The zero-order valence-corrected chi connectivity index (χ0v) is 12.2. The number of ketones is 2. The number of nitrogens with one attached hydrogen (secondary N) is 1. The third-order valence-corrected chi connectivity index (χ3v) is 7.74. The molecule has 2 saturated carbocycles. The van der Waals surface area contributed by atoms with Gasteiger partial charge < -0.3 is 15.2 Å². The molecule has 0 aromatic heterocycles. The van der Waals surface area contributed by atoms with Crippen molar-refractivity contribution in [1.82, 2.24) is 5.32 Å². The number of carbonyl (C=O) groups is 2. The molecular formula is C17H17NO4. The van der Waals surface area contributed by atoms with Crippen LogP contribution in [0.5, 0.6) is 0 Å². The topological polar surface area (TPSA) is 85.5 Å². The summed E-state index contributed by atoms with van der Waals surface area (Å²) in [4.78, 5) is 24.9. The first-order valence-electron chi connectivity index (χ1n) is 8.00. The third-order valence-electron chi connectivity index (χ3n) is 7.74. The molecule has 2 N–H and O–H groups in total. The van der Waals surface area contributed by atoms with Gasteiger partial charge in [-0.15, -0.1) is 0 Å². The van der Waals surface area contributed by atoms with Crippen LogP contribution in [0.25, 0.3) is 0 Å². The summed E-state index contributed by atoms with van der Waals surface area (Å²) in [7, 11) is 0. The van der Waals surface area contributed by atoms with Crippen LogP contribution in [0.4, 0.5) is 0 Å². The lowest BCUT2D eigenvalue weighted by atomic mass is 9.44. The lowest BCUT2D eigenvalue weighted by Gasteiger charge is -2.58. The first kappa shape index (κ1) is 12.2. The fraction of sp³-hybridized carbons (Fsp3) is 0.647. The maximum atomic E-state index is 12.5. The van der Waals surface area contributed by atoms with Gasteiger partial charge in [0.2, 0.25) is 0 Å². The number of ether oxygens (including phenoxy) is 1. The molecule has 6 rings (SSSR count). The van der Waals surface area contributed by atoms with Crippen LogP contribution < -0.4 is 5.32 Å². The second-order valence-corrected chi connectivity index (χ2v) is 8.19. The van der Waals surface area contributed by atoms with E-state index < -0.39 is 28.6 Å². The molecule has 4 fully saturated rings. The summed E-state index contributed by atoms with van der Waals surface area (Å²) in [5.74, 6) is -0.0212. The molecule has 2 heterocycles. The van der Waals surface area contributed by atoms with Crippen LogP contribution in [0.2, 0.25) is 0 Å². The summed E-state index contributed by atoms with van der Waals surface area (Å²) < 4.78 is 6.04. The third kappa shape index (κ3) is 0.836. The smallest absolute Gasteiger partial charge is 0.184 e. The van der Waals surface area contributed by atoms with Gasteiger partial charge in [-0.3, -0.25) is 9.59 Å². The monoisotopic (exact) mass is 299 g/mol. The average Bonchev–Trinajstić information content (AvgIpc) is 3.04. The highest BCUT2D eigenvalue weighted by Gasteiger charge is 2.90. The molecule has 0 aromatic rings. The molecule has 8 atom stereocenters. The number of rotatable bonds is 0. The molecular weight excluding hydrogens is 282 g/mol. The van der Waals surface area contributed by atoms with Crippen LogP contribution in [0, 0.1) is 16.7 Å². The molecule has 0 amide bonds. The summed E-state index contributed by atoms with van der Waals surface area (Å²) >= 11 is 0. The van der Waals surface area contributed by atoms with Gasteiger partial charge in [0.1, 0.15) is 17.8 Å². The van der Waals surface area contributed by atoms with E-state index in [1.165, 1.54) is 6.08 Å². The molecule has 8 unspecified atom stereocenters. The molecule has 2 bridgehead atoms. The fourth-order valence-corrected chi connectivity index (χ4v) is 6.82. The van der Waals surface area contributed by atoms with Gasteiger partial charge in [-0.25, -0.2) is 0 Å². The summed E-state index contributed by atoms with van der Waals surface area (Å²) in [5, 5.41) is 15.0. The Morgan fingerprint density at radius 2 is 2.05 bits per heavy atom. The average molecular weight is 299 g/mol. The number of piperidine rings is 1. The van der Waals surface area contributed by atoms with Crippen LogP contribution in [0.1, 0.15) is 19.8 Å². The Morgan fingerprint density at radius 3 is 2.86 bits per heavy atom. The van der Waals surface area contributed by atoms with E-state index in [0.717, 1.165) is 6.42 Å². The number of hydrogen-bond acceptors (Lipinski definition) is 5. The van der Waals surface area contributed by atoms with E-state index in [-0.39, 0.29) is 29.1 Å². The molecule has 0 aromatic carbocycles. The number of carbonyl (C=O) groups excluding carboxylic acids is 2. The molecule has 114 valence electrons. The van der Waals surface area contributed by atoms with Gasteiger partial charge in [0, 0.05) is 16.4 Å². The molecule has 2 spiro atoms. The largest absolute Gasteiger partial charge is 0.383 e. The van der Waals surface area contributed by atoms with Crippen molar-refractivity contribution < 1.29 is 19.4 Å². The van der Waals surface area contributed by atoms with Crippen molar-refractivity contribution in [1.29, 1.82) is 0 Å². The van der Waals surface area contributed by atoms with Gasteiger partial charge in [-0.05, 0) is 37.0 Å². The molecule has 22 heavy (non-hydrogen) atoms. The highest BCUT2D eigenvalue weighted by Crippen LogP contribution is 2.79. The molecule has 5 heteroatoms. The Balaban J connectivity index is 1.72. The van der Waals surface area contributed by atoms with Gasteiger partial charge in [0.05, 0.1) is 6.04 Å². The molecule has 2 saturated heterocycles. The van der Waals surface area contributed by atoms with E-state index in [1.54, 1.807) is 12.2 Å². The van der Waals surface area contributed by atoms with Crippen molar-refractivity contribution in [3.63, 3.8) is 0 Å². The van der Waals surface area contributed by atoms with E-state index in [4.69, 9.17) is 4.74 Å². The summed E-state index contributed by atoms with van der Waals surface area (Å²) in [6.45, 7) is 2.05. The molecule has 4 aliphatic carbocycles. The van der Waals surface area contributed by atoms with E-state index >= 15 is 0 Å². The van der Waals surface area contributed by atoms with Gasteiger partial charge in [0.25, 0.3) is 0 Å². The predicted molar refractivity (Wildman–Crippen MR) is 74.8 cm³/mol. The van der Waals surface area contributed by atoms with Crippen LogP contribution in [0.15, 0.2) is 24.3 Å². The van der Waals surface area contributed by atoms with E-state index in [9.17, 15) is 14.7 Å². The number of hydrogen-bond donors (Lipinski definition) is 2. The SMILES string of the molecule is CC12C3C=CC(=O)C1OC1C(=O)C=CC4(O)C5NC5(C3)CC142. The number of fused-ring (bicyclic) bond motifs is 1. The van der Waals surface area contributed by atoms with Crippen molar-refractivity contribution in [3.05, 3.63) is 24.3 Å². The molecule has 6 aliphatic rings. The summed E-state index contributed by atoms with van der Waals surface area (Å²) in [6.07, 6.45) is 7.04. The maximum Gasteiger partial charge on any atom is 0.184 e. The minimum absolute atomic E-state index is 0.0277. The standard InChI is InChI=1S/C17H17NO4/c1-14-8-2-3-9(19)11(14)22-12-10(20)4-5-17(21)13-15(6-8,18-13)7-16(12,14)17/h2-5,8,11-13,18,21H,6-7H2,1H3. The summed E-state index contributed by atoms with van der Waals surface area (Å²) in [6, 6.07) is -0.0277. The van der Waals surface area contributed by atoms with Crippen molar-refractivity contribution >= 4 is 11.6 Å². The Hall–Kier alpha value is -1.30. The van der Waals surface area contributed by atoms with Crippen LogP contribution in [-0.2, 0) is 14.3 Å². The van der Waals surface area contributed by atoms with Gasteiger partial charge >= 0.3 is 0 Å². The minimum atomic E-state index is -1.10. The number of allylic oxidation sites excluding steroid dienone is 1. The van der Waals surface area contributed by atoms with Gasteiger partial charge in [0.15, 0.2) is 11.6 Å². The maximum absolute atomic E-state index is 12.5. The lowest BCUT2D eigenvalue weighted by molar-refractivity contribution is -0.157. The van der Waals surface area contributed by atoms with Gasteiger partial charge in [-0.2, -0.15) is 0 Å². The van der Waals surface area contributed by atoms with Crippen molar-refractivity contribution in [3.8, 4) is 0 Å². The molecule has 0 radical (unpaired) electrons. The Morgan fingerprint density at radius 1 is 1.27 bits per heavy atom. The van der Waals surface area contributed by atoms with Crippen LogP contribution in [0.3, 0.4) is 0 Å². The fourth-order valence-electron chi connectivity index (χ4n) is 6.82. The Bertz CT molecular complexity index is 743. The van der Waals surface area contributed by atoms with Crippen molar-refractivity contribution in [2.75, 3.05) is 0 Å². The minimum Gasteiger partial charge on any atom is -0.383 e.